The quantitative estimate of drug-likeness (QED) is 0.784. The summed E-state index contributed by atoms with van der Waals surface area (Å²) in [6.07, 6.45) is 4.47. The Labute approximate surface area is 106 Å². The first-order valence-corrected chi connectivity index (χ1v) is 6.07. The van der Waals surface area contributed by atoms with Crippen LogP contribution in [0.15, 0.2) is 12.3 Å². The van der Waals surface area contributed by atoms with Crippen LogP contribution in [0.2, 0.25) is 0 Å². The number of thiocarbonyl (C=S) groups is 1. The zero-order valence-corrected chi connectivity index (χ0v) is 10.6. The second-order valence-electron chi connectivity index (χ2n) is 4.32. The van der Waals surface area contributed by atoms with E-state index in [9.17, 15) is 4.79 Å². The lowest BCUT2D eigenvalue weighted by Crippen LogP contribution is -2.35. The fraction of sp³-hybridized carbons (Fsp3) is 0.545. The molecule has 1 heterocycles. The highest BCUT2D eigenvalue weighted by Gasteiger charge is 2.33. The van der Waals surface area contributed by atoms with Gasteiger partial charge in [-0.05, 0) is 18.9 Å². The van der Waals surface area contributed by atoms with E-state index in [1.807, 2.05) is 4.90 Å². The van der Waals surface area contributed by atoms with Gasteiger partial charge in [0.25, 0.3) is 5.91 Å². The third-order valence-corrected chi connectivity index (χ3v) is 2.98. The topological polar surface area (TPSA) is 64.2 Å². The van der Waals surface area contributed by atoms with Crippen LogP contribution in [0.4, 0.5) is 0 Å². The third kappa shape index (κ3) is 3.03. The molecule has 0 aromatic carbocycles. The van der Waals surface area contributed by atoms with E-state index < -0.39 is 0 Å². The summed E-state index contributed by atoms with van der Waals surface area (Å²) in [7, 11) is 1.80. The van der Waals surface area contributed by atoms with Gasteiger partial charge in [-0.2, -0.15) is 5.10 Å². The number of hydrogen-bond acceptors (Lipinski definition) is 3. The summed E-state index contributed by atoms with van der Waals surface area (Å²) in [5, 5.41) is 4.13. The number of rotatable bonds is 5. The third-order valence-electron chi connectivity index (χ3n) is 2.78. The van der Waals surface area contributed by atoms with Crippen LogP contribution < -0.4 is 5.73 Å². The maximum atomic E-state index is 12.2. The van der Waals surface area contributed by atoms with Gasteiger partial charge in [0.15, 0.2) is 0 Å². The van der Waals surface area contributed by atoms with Gasteiger partial charge in [-0.25, -0.2) is 0 Å². The first-order valence-electron chi connectivity index (χ1n) is 5.67. The van der Waals surface area contributed by atoms with E-state index in [1.165, 1.54) is 0 Å². The van der Waals surface area contributed by atoms with Crippen LogP contribution in [0.3, 0.4) is 0 Å². The van der Waals surface area contributed by atoms with Crippen LogP contribution in [0.25, 0.3) is 0 Å². The normalized spacial score (nSPS) is 14.6. The number of nitrogens with zero attached hydrogens (tertiary/aromatic N) is 3. The van der Waals surface area contributed by atoms with Crippen LogP contribution in [-0.4, -0.2) is 38.2 Å². The van der Waals surface area contributed by atoms with Crippen molar-refractivity contribution in [1.29, 1.82) is 0 Å². The average Bonchev–Trinajstić information content (AvgIpc) is 3.00. The van der Waals surface area contributed by atoms with Gasteiger partial charge in [-0.3, -0.25) is 9.48 Å². The SMILES string of the molecule is Cn1ccc(C(=O)N(CCC(N)=S)C2CC2)n1. The summed E-state index contributed by atoms with van der Waals surface area (Å²) < 4.78 is 1.63. The molecule has 17 heavy (non-hydrogen) atoms. The lowest BCUT2D eigenvalue weighted by atomic mass is 10.3. The average molecular weight is 252 g/mol. The van der Waals surface area contributed by atoms with Crippen molar-refractivity contribution in [3.05, 3.63) is 18.0 Å². The molecule has 1 saturated carbocycles. The molecule has 5 nitrogen and oxygen atoms in total. The van der Waals surface area contributed by atoms with Crippen molar-refractivity contribution in [3.63, 3.8) is 0 Å². The number of aromatic nitrogens is 2. The van der Waals surface area contributed by atoms with Gasteiger partial charge in [0.05, 0.1) is 4.99 Å². The molecule has 2 N–H and O–H groups in total. The standard InChI is InChI=1S/C11H16N4OS/c1-14-6-4-9(13-14)11(16)15(8-2-3-8)7-5-10(12)17/h4,6,8H,2-3,5,7H2,1H3,(H2,12,17). The molecule has 1 aromatic heterocycles. The van der Waals surface area contributed by atoms with Gasteiger partial charge in [0.2, 0.25) is 0 Å². The molecule has 0 radical (unpaired) electrons. The van der Waals surface area contributed by atoms with Crippen molar-refractivity contribution in [2.45, 2.75) is 25.3 Å². The molecule has 0 atom stereocenters. The largest absolute Gasteiger partial charge is 0.393 e. The van der Waals surface area contributed by atoms with Gasteiger partial charge in [0, 0.05) is 32.3 Å². The van der Waals surface area contributed by atoms with Crippen LogP contribution in [0.1, 0.15) is 29.8 Å². The maximum absolute atomic E-state index is 12.2. The van der Waals surface area contributed by atoms with Crippen LogP contribution >= 0.6 is 12.2 Å². The highest BCUT2D eigenvalue weighted by Crippen LogP contribution is 2.28. The van der Waals surface area contributed by atoms with Crippen molar-refractivity contribution in [2.24, 2.45) is 12.8 Å². The number of carbonyl (C=O) groups excluding carboxylic acids is 1. The molecule has 1 aromatic rings. The minimum Gasteiger partial charge on any atom is -0.393 e. The lowest BCUT2D eigenvalue weighted by molar-refractivity contribution is 0.0741. The number of carbonyl (C=O) groups is 1. The molecular weight excluding hydrogens is 236 g/mol. The van der Waals surface area contributed by atoms with Gasteiger partial charge in [-0.1, -0.05) is 12.2 Å². The first-order chi connectivity index (χ1) is 8.08. The Hall–Kier alpha value is -1.43. The molecule has 0 unspecified atom stereocenters. The molecule has 1 amide bonds. The van der Waals surface area contributed by atoms with E-state index in [0.717, 1.165) is 12.8 Å². The number of nitrogens with two attached hydrogens (primary N) is 1. The van der Waals surface area contributed by atoms with E-state index >= 15 is 0 Å². The van der Waals surface area contributed by atoms with Crippen molar-refractivity contribution < 1.29 is 4.79 Å². The van der Waals surface area contributed by atoms with Crippen LogP contribution in [-0.2, 0) is 7.05 Å². The second kappa shape index (κ2) is 4.83. The summed E-state index contributed by atoms with van der Waals surface area (Å²) in [6.45, 7) is 0.593. The molecule has 0 spiro atoms. The van der Waals surface area contributed by atoms with Crippen molar-refractivity contribution in [1.82, 2.24) is 14.7 Å². The first kappa shape index (κ1) is 12.0. The van der Waals surface area contributed by atoms with E-state index in [-0.39, 0.29) is 5.91 Å². The van der Waals surface area contributed by atoms with Gasteiger partial charge in [0.1, 0.15) is 5.69 Å². The van der Waals surface area contributed by atoms with Gasteiger partial charge >= 0.3 is 0 Å². The van der Waals surface area contributed by atoms with Crippen molar-refractivity contribution in [2.75, 3.05) is 6.54 Å². The fourth-order valence-corrected chi connectivity index (χ4v) is 1.83. The van der Waals surface area contributed by atoms with Crippen molar-refractivity contribution >= 4 is 23.1 Å². The van der Waals surface area contributed by atoms with E-state index in [1.54, 1.807) is 24.0 Å². The monoisotopic (exact) mass is 252 g/mol. The molecule has 6 heteroatoms. The van der Waals surface area contributed by atoms with Gasteiger partial charge < -0.3 is 10.6 Å². The van der Waals surface area contributed by atoms with Gasteiger partial charge in [-0.15, -0.1) is 0 Å². The summed E-state index contributed by atoms with van der Waals surface area (Å²) in [6, 6.07) is 2.08. The summed E-state index contributed by atoms with van der Waals surface area (Å²) in [5.41, 5.74) is 5.97. The molecule has 0 aliphatic heterocycles. The number of aryl methyl sites for hydroxylation is 1. The summed E-state index contributed by atoms with van der Waals surface area (Å²) in [4.78, 5) is 14.5. The molecule has 2 rings (SSSR count). The number of amides is 1. The van der Waals surface area contributed by atoms with E-state index in [4.69, 9.17) is 18.0 Å². The Morgan fingerprint density at radius 1 is 1.71 bits per heavy atom. The zero-order valence-electron chi connectivity index (χ0n) is 9.80. The van der Waals surface area contributed by atoms with Crippen molar-refractivity contribution in [3.8, 4) is 0 Å². The van der Waals surface area contributed by atoms with E-state index in [2.05, 4.69) is 5.10 Å². The smallest absolute Gasteiger partial charge is 0.274 e. The maximum Gasteiger partial charge on any atom is 0.274 e. The van der Waals surface area contributed by atoms with E-state index in [0.29, 0.717) is 29.7 Å². The molecule has 1 aliphatic carbocycles. The molecule has 1 fully saturated rings. The Morgan fingerprint density at radius 3 is 2.88 bits per heavy atom. The molecule has 0 saturated heterocycles. The highest BCUT2D eigenvalue weighted by molar-refractivity contribution is 7.80. The second-order valence-corrected chi connectivity index (χ2v) is 4.85. The zero-order chi connectivity index (χ0) is 12.4. The highest BCUT2D eigenvalue weighted by atomic mass is 32.1. The Bertz CT molecular complexity index is 438. The minimum absolute atomic E-state index is 0.0237. The molecule has 1 aliphatic rings. The minimum atomic E-state index is -0.0237. The molecular formula is C11H16N4OS. The van der Waals surface area contributed by atoms with Crippen LogP contribution in [0, 0.1) is 0 Å². The number of hydrogen-bond donors (Lipinski definition) is 1. The predicted molar refractivity (Wildman–Crippen MR) is 68.7 cm³/mol. The predicted octanol–water partition coefficient (Wildman–Crippen LogP) is 0.701. The molecule has 92 valence electrons. The Kier molecular flexibility index (Phi) is 3.42. The Balaban J connectivity index is 2.05. The summed E-state index contributed by atoms with van der Waals surface area (Å²) in [5.74, 6) is -0.0237. The van der Waals surface area contributed by atoms with Crippen LogP contribution in [0.5, 0.6) is 0 Å². The molecule has 0 bridgehead atoms. The lowest BCUT2D eigenvalue weighted by Gasteiger charge is -2.21. The Morgan fingerprint density at radius 2 is 2.41 bits per heavy atom. The fourth-order valence-electron chi connectivity index (χ4n) is 1.74. The summed E-state index contributed by atoms with van der Waals surface area (Å²) >= 11 is 4.85.